The summed E-state index contributed by atoms with van der Waals surface area (Å²) in [5.74, 6) is 0.400. The Labute approximate surface area is 132 Å². The highest BCUT2D eigenvalue weighted by Gasteiger charge is 2.06. The first-order valence-electron chi connectivity index (χ1n) is 6.74. The quantitative estimate of drug-likeness (QED) is 0.520. The van der Waals surface area contributed by atoms with Gasteiger partial charge in [0.15, 0.2) is 0 Å². The average Bonchev–Trinajstić information content (AvgIpc) is 2.53. The maximum Gasteiger partial charge on any atom is 0.269 e. The molecule has 0 aromatic heterocycles. The first-order valence-corrected chi connectivity index (χ1v) is 6.74. The molecule has 2 aromatic carbocycles. The summed E-state index contributed by atoms with van der Waals surface area (Å²) in [6.45, 7) is 1.41. The molecule has 0 aliphatic rings. The molecule has 2 rings (SSSR count). The molecule has 0 heterocycles. The van der Waals surface area contributed by atoms with Crippen molar-refractivity contribution in [1.82, 2.24) is 0 Å². The van der Waals surface area contributed by atoms with Gasteiger partial charge < -0.3 is 10.1 Å². The van der Waals surface area contributed by atoms with E-state index in [4.69, 9.17) is 4.74 Å². The maximum absolute atomic E-state index is 11.2. The van der Waals surface area contributed by atoms with Crippen LogP contribution in [0.1, 0.15) is 12.5 Å². The first-order chi connectivity index (χ1) is 11.0. The summed E-state index contributed by atoms with van der Waals surface area (Å²) >= 11 is 0. The Morgan fingerprint density at radius 2 is 1.96 bits per heavy atom. The van der Waals surface area contributed by atoms with Crippen LogP contribution in [0, 0.1) is 10.1 Å². The standard InChI is InChI=1S/C16H15N3O4/c1-11(20)18-15-8-7-14(23-2)9-16(15)17-10-12-3-5-13(6-4-12)19(21)22/h3-10H,1-2H3,(H,18,20). The van der Waals surface area contributed by atoms with Gasteiger partial charge in [-0.05, 0) is 29.8 Å². The summed E-state index contributed by atoms with van der Waals surface area (Å²) in [5, 5.41) is 13.3. The van der Waals surface area contributed by atoms with E-state index in [1.54, 1.807) is 36.5 Å². The number of rotatable bonds is 5. The molecule has 0 unspecified atom stereocenters. The third-order valence-electron chi connectivity index (χ3n) is 2.97. The second kappa shape index (κ2) is 7.17. The molecule has 0 bridgehead atoms. The van der Waals surface area contributed by atoms with Crippen molar-refractivity contribution < 1.29 is 14.5 Å². The molecule has 118 valence electrons. The molecular weight excluding hydrogens is 298 g/mol. The van der Waals surface area contributed by atoms with Gasteiger partial charge in [0.1, 0.15) is 5.75 Å². The van der Waals surface area contributed by atoms with E-state index in [0.29, 0.717) is 22.7 Å². The molecule has 0 atom stereocenters. The number of ether oxygens (including phenoxy) is 1. The number of benzene rings is 2. The summed E-state index contributed by atoms with van der Waals surface area (Å²) in [6, 6.07) is 11.1. The van der Waals surface area contributed by atoms with E-state index in [9.17, 15) is 14.9 Å². The SMILES string of the molecule is COc1ccc(NC(C)=O)c(N=Cc2ccc([N+](=O)[O-])cc2)c1. The van der Waals surface area contributed by atoms with Crippen molar-refractivity contribution in [2.45, 2.75) is 6.92 Å². The summed E-state index contributed by atoms with van der Waals surface area (Å²) < 4.78 is 5.15. The number of hydrogen-bond donors (Lipinski definition) is 1. The molecule has 0 aliphatic carbocycles. The van der Waals surface area contributed by atoms with Gasteiger partial charge in [0.25, 0.3) is 5.69 Å². The normalized spacial score (nSPS) is 10.5. The number of carbonyl (C=O) groups is 1. The highest BCUT2D eigenvalue weighted by atomic mass is 16.6. The molecule has 1 amide bonds. The largest absolute Gasteiger partial charge is 0.497 e. The van der Waals surface area contributed by atoms with Crippen LogP contribution in [0.4, 0.5) is 17.1 Å². The van der Waals surface area contributed by atoms with Crippen molar-refractivity contribution in [3.05, 3.63) is 58.1 Å². The average molecular weight is 313 g/mol. The monoisotopic (exact) mass is 313 g/mol. The number of nitrogens with zero attached hydrogens (tertiary/aromatic N) is 2. The number of methoxy groups -OCH3 is 1. The molecular formula is C16H15N3O4. The molecule has 7 heteroatoms. The number of hydrogen-bond acceptors (Lipinski definition) is 5. The number of nitrogens with one attached hydrogen (secondary N) is 1. The molecule has 1 N–H and O–H groups in total. The predicted octanol–water partition coefficient (Wildman–Crippen LogP) is 3.31. The Morgan fingerprint density at radius 3 is 2.52 bits per heavy atom. The minimum Gasteiger partial charge on any atom is -0.497 e. The Hall–Kier alpha value is -3.22. The highest BCUT2D eigenvalue weighted by molar-refractivity contribution is 5.93. The van der Waals surface area contributed by atoms with Crippen molar-refractivity contribution >= 4 is 29.2 Å². The van der Waals surface area contributed by atoms with Gasteiger partial charge in [-0.25, -0.2) is 0 Å². The second-order valence-corrected chi connectivity index (χ2v) is 4.67. The van der Waals surface area contributed by atoms with E-state index in [2.05, 4.69) is 10.3 Å². The molecule has 0 fully saturated rings. The first kappa shape index (κ1) is 16.2. The van der Waals surface area contributed by atoms with Crippen LogP contribution in [0.25, 0.3) is 0 Å². The van der Waals surface area contributed by atoms with Crippen LogP contribution in [-0.2, 0) is 4.79 Å². The minimum absolute atomic E-state index is 0.0162. The van der Waals surface area contributed by atoms with Gasteiger partial charge in [0.05, 0.1) is 23.4 Å². The zero-order valence-electron chi connectivity index (χ0n) is 12.6. The van der Waals surface area contributed by atoms with Gasteiger partial charge in [0, 0.05) is 31.3 Å². The lowest BCUT2D eigenvalue weighted by molar-refractivity contribution is -0.384. The van der Waals surface area contributed by atoms with Gasteiger partial charge in [-0.3, -0.25) is 19.9 Å². The number of nitro groups is 1. The Balaban J connectivity index is 2.29. The molecule has 7 nitrogen and oxygen atoms in total. The van der Waals surface area contributed by atoms with E-state index < -0.39 is 4.92 Å². The number of nitro benzene ring substituents is 1. The highest BCUT2D eigenvalue weighted by Crippen LogP contribution is 2.29. The maximum atomic E-state index is 11.2. The number of aliphatic imine (C=N–C) groups is 1. The van der Waals surface area contributed by atoms with Gasteiger partial charge in [-0.15, -0.1) is 0 Å². The van der Waals surface area contributed by atoms with Crippen LogP contribution in [0.15, 0.2) is 47.5 Å². The van der Waals surface area contributed by atoms with Crippen LogP contribution in [0.3, 0.4) is 0 Å². The molecule has 2 aromatic rings. The van der Waals surface area contributed by atoms with Crippen molar-refractivity contribution in [2.24, 2.45) is 4.99 Å². The summed E-state index contributed by atoms with van der Waals surface area (Å²) in [4.78, 5) is 25.7. The number of carbonyl (C=O) groups excluding carboxylic acids is 1. The van der Waals surface area contributed by atoms with Crippen molar-refractivity contribution in [1.29, 1.82) is 0 Å². The van der Waals surface area contributed by atoms with Gasteiger partial charge in [-0.1, -0.05) is 0 Å². The van der Waals surface area contributed by atoms with Gasteiger partial charge in [0.2, 0.25) is 5.91 Å². The Kier molecular flexibility index (Phi) is 5.03. The van der Waals surface area contributed by atoms with E-state index in [1.165, 1.54) is 26.2 Å². The van der Waals surface area contributed by atoms with Crippen molar-refractivity contribution in [3.63, 3.8) is 0 Å². The van der Waals surface area contributed by atoms with Gasteiger partial charge in [-0.2, -0.15) is 0 Å². The number of amides is 1. The summed E-state index contributed by atoms with van der Waals surface area (Å²) in [7, 11) is 1.54. The molecule has 0 spiro atoms. The van der Waals surface area contributed by atoms with E-state index in [1.807, 2.05) is 0 Å². The fraction of sp³-hybridized carbons (Fsp3) is 0.125. The number of anilines is 1. The third kappa shape index (κ3) is 4.37. The van der Waals surface area contributed by atoms with Crippen LogP contribution < -0.4 is 10.1 Å². The lowest BCUT2D eigenvalue weighted by atomic mass is 10.2. The molecule has 0 radical (unpaired) electrons. The number of non-ortho nitro benzene ring substituents is 1. The van der Waals surface area contributed by atoms with Crippen LogP contribution in [0.5, 0.6) is 5.75 Å². The topological polar surface area (TPSA) is 93.8 Å². The lowest BCUT2D eigenvalue weighted by Crippen LogP contribution is -2.05. The smallest absolute Gasteiger partial charge is 0.269 e. The molecule has 23 heavy (non-hydrogen) atoms. The second-order valence-electron chi connectivity index (χ2n) is 4.67. The van der Waals surface area contributed by atoms with Crippen molar-refractivity contribution in [2.75, 3.05) is 12.4 Å². The zero-order chi connectivity index (χ0) is 16.8. The van der Waals surface area contributed by atoms with E-state index in [0.717, 1.165) is 0 Å². The lowest BCUT2D eigenvalue weighted by Gasteiger charge is -2.08. The molecule has 0 aliphatic heterocycles. The predicted molar refractivity (Wildman–Crippen MR) is 87.6 cm³/mol. The molecule has 0 saturated carbocycles. The van der Waals surface area contributed by atoms with Crippen LogP contribution >= 0.6 is 0 Å². The zero-order valence-corrected chi connectivity index (χ0v) is 12.6. The molecule has 0 saturated heterocycles. The third-order valence-corrected chi connectivity index (χ3v) is 2.97. The minimum atomic E-state index is -0.460. The Morgan fingerprint density at radius 1 is 1.26 bits per heavy atom. The van der Waals surface area contributed by atoms with Crippen LogP contribution in [0.2, 0.25) is 0 Å². The van der Waals surface area contributed by atoms with Gasteiger partial charge >= 0.3 is 0 Å². The fourth-order valence-corrected chi connectivity index (χ4v) is 1.87. The van der Waals surface area contributed by atoms with E-state index in [-0.39, 0.29) is 11.6 Å². The van der Waals surface area contributed by atoms with Crippen molar-refractivity contribution in [3.8, 4) is 5.75 Å². The summed E-state index contributed by atoms with van der Waals surface area (Å²) in [5.41, 5.74) is 1.80. The summed E-state index contributed by atoms with van der Waals surface area (Å²) in [6.07, 6.45) is 1.56. The van der Waals surface area contributed by atoms with Crippen LogP contribution in [-0.4, -0.2) is 24.2 Å². The fourth-order valence-electron chi connectivity index (χ4n) is 1.87. The Bertz CT molecular complexity index is 754. The van der Waals surface area contributed by atoms with E-state index >= 15 is 0 Å².